The monoisotopic (exact) mass is 525 g/mol. The standard InChI is InChI=1S/C25H26N4O3S3/c1-32-21-4-2-3-17(12-21)11-20-14-34-25(26-20)28-22(23-15-33-24(27-23)18-7-8-18)13-16-5-9-19(10-6-16)29-35(30)31/h2-6,9-10,12,14-15,18,22,29H,7-8,11,13H2,1H3,(H,26,28)(H,30,31)/p-1/t22-/m0/s1. The Labute approximate surface area is 215 Å². The molecule has 0 spiro atoms. The highest BCUT2D eigenvalue weighted by Gasteiger charge is 2.28. The lowest BCUT2D eigenvalue weighted by atomic mass is 10.0. The molecule has 1 unspecified atom stereocenters. The second-order valence-corrected chi connectivity index (χ2v) is 10.9. The van der Waals surface area contributed by atoms with Gasteiger partial charge in [0.25, 0.3) is 0 Å². The fraction of sp³-hybridized carbons (Fsp3) is 0.280. The quantitative estimate of drug-likeness (QED) is 0.245. The maximum Gasteiger partial charge on any atom is 0.183 e. The van der Waals surface area contributed by atoms with Gasteiger partial charge in [0.2, 0.25) is 0 Å². The summed E-state index contributed by atoms with van der Waals surface area (Å²) in [5.74, 6) is 1.45. The van der Waals surface area contributed by atoms with E-state index in [0.29, 0.717) is 18.0 Å². The van der Waals surface area contributed by atoms with E-state index in [4.69, 9.17) is 14.7 Å². The molecular weight excluding hydrogens is 501 g/mol. The van der Waals surface area contributed by atoms with Crippen LogP contribution in [-0.2, 0) is 24.1 Å². The molecule has 2 atom stereocenters. The SMILES string of the molecule is COc1cccc(Cc2csc(N[C@@H](Cc3ccc(NS(=O)[O-])cc3)c3csc(C4CC4)n3)n2)c1. The average molecular weight is 526 g/mol. The van der Waals surface area contributed by atoms with E-state index in [-0.39, 0.29) is 6.04 Å². The van der Waals surface area contributed by atoms with E-state index in [1.165, 1.54) is 17.8 Å². The van der Waals surface area contributed by atoms with Gasteiger partial charge in [-0.1, -0.05) is 24.3 Å². The zero-order valence-electron chi connectivity index (χ0n) is 19.1. The van der Waals surface area contributed by atoms with E-state index in [9.17, 15) is 8.76 Å². The summed E-state index contributed by atoms with van der Waals surface area (Å²) < 4.78 is 29.5. The summed E-state index contributed by atoms with van der Waals surface area (Å²) in [6.45, 7) is 0. The third-order valence-electron chi connectivity index (χ3n) is 5.79. The zero-order chi connectivity index (χ0) is 24.2. The van der Waals surface area contributed by atoms with Gasteiger partial charge in [0.05, 0.1) is 29.5 Å². The van der Waals surface area contributed by atoms with Crippen molar-refractivity contribution < 1.29 is 13.5 Å². The molecule has 2 aromatic heterocycles. The molecule has 2 N–H and O–H groups in total. The van der Waals surface area contributed by atoms with Crippen molar-refractivity contribution in [1.82, 2.24) is 9.97 Å². The minimum Gasteiger partial charge on any atom is -0.755 e. The van der Waals surface area contributed by atoms with Gasteiger partial charge in [0.1, 0.15) is 5.75 Å². The molecule has 5 rings (SSSR count). The number of nitrogens with zero attached hydrogens (tertiary/aromatic N) is 2. The predicted molar refractivity (Wildman–Crippen MR) is 141 cm³/mol. The fourth-order valence-corrected chi connectivity index (χ4v) is 5.98. The average Bonchev–Trinajstić information content (AvgIpc) is 3.42. The van der Waals surface area contributed by atoms with Crippen molar-refractivity contribution in [1.29, 1.82) is 0 Å². The lowest BCUT2D eigenvalue weighted by molar-refractivity contribution is 0.414. The molecule has 1 aliphatic rings. The number of rotatable bonds is 11. The van der Waals surface area contributed by atoms with Crippen molar-refractivity contribution in [3.05, 3.63) is 86.8 Å². The Balaban J connectivity index is 1.32. The molecule has 182 valence electrons. The Kier molecular flexibility index (Phi) is 7.43. The molecule has 1 aliphatic carbocycles. The van der Waals surface area contributed by atoms with Gasteiger partial charge in [-0.2, -0.15) is 0 Å². The van der Waals surface area contributed by atoms with Crippen LogP contribution in [0.3, 0.4) is 0 Å². The van der Waals surface area contributed by atoms with Crippen molar-refractivity contribution in [2.24, 2.45) is 0 Å². The highest BCUT2D eigenvalue weighted by Crippen LogP contribution is 2.42. The molecule has 0 radical (unpaired) electrons. The Hall–Kier alpha value is -2.79. The zero-order valence-corrected chi connectivity index (χ0v) is 21.6. The van der Waals surface area contributed by atoms with Gasteiger partial charge in [-0.15, -0.1) is 22.7 Å². The van der Waals surface area contributed by atoms with E-state index < -0.39 is 11.3 Å². The number of ether oxygens (including phenoxy) is 1. The van der Waals surface area contributed by atoms with Crippen LogP contribution in [0.5, 0.6) is 5.75 Å². The van der Waals surface area contributed by atoms with E-state index >= 15 is 0 Å². The van der Waals surface area contributed by atoms with Crippen LogP contribution in [0.1, 0.15) is 52.3 Å². The van der Waals surface area contributed by atoms with Crippen LogP contribution in [0, 0.1) is 0 Å². The molecule has 4 aromatic rings. The summed E-state index contributed by atoms with van der Waals surface area (Å²) in [4.78, 5) is 9.77. The molecule has 1 saturated carbocycles. The minimum atomic E-state index is -2.34. The van der Waals surface area contributed by atoms with Crippen LogP contribution in [0.2, 0.25) is 0 Å². The maximum absolute atomic E-state index is 10.9. The van der Waals surface area contributed by atoms with E-state index in [2.05, 4.69) is 26.9 Å². The van der Waals surface area contributed by atoms with E-state index in [1.807, 2.05) is 30.3 Å². The number of anilines is 2. The molecule has 7 nitrogen and oxygen atoms in total. The number of benzene rings is 2. The van der Waals surface area contributed by atoms with Crippen molar-refractivity contribution in [3.63, 3.8) is 0 Å². The summed E-state index contributed by atoms with van der Waals surface area (Å²) in [5.41, 5.74) is 4.79. The first-order valence-electron chi connectivity index (χ1n) is 11.3. The lowest BCUT2D eigenvalue weighted by Gasteiger charge is -2.17. The largest absolute Gasteiger partial charge is 0.755 e. The number of methoxy groups -OCH3 is 1. The molecule has 10 heteroatoms. The summed E-state index contributed by atoms with van der Waals surface area (Å²) in [6, 6.07) is 15.4. The number of nitrogens with one attached hydrogen (secondary N) is 2. The number of hydrogen-bond acceptors (Lipinski definition) is 8. The Bertz CT molecular complexity index is 1300. The molecule has 0 amide bonds. The van der Waals surface area contributed by atoms with Crippen molar-refractivity contribution >= 4 is 44.8 Å². The third kappa shape index (κ3) is 6.46. The first-order valence-corrected chi connectivity index (χ1v) is 14.1. The summed E-state index contributed by atoms with van der Waals surface area (Å²) in [6.07, 6.45) is 3.89. The maximum atomic E-state index is 10.9. The van der Waals surface area contributed by atoms with Gasteiger partial charge >= 0.3 is 0 Å². The molecule has 1 fully saturated rings. The van der Waals surface area contributed by atoms with Gasteiger partial charge in [-0.05, 0) is 54.7 Å². The van der Waals surface area contributed by atoms with Gasteiger partial charge in [0.15, 0.2) is 5.13 Å². The fourth-order valence-electron chi connectivity index (χ4n) is 3.84. The van der Waals surface area contributed by atoms with Gasteiger partial charge in [-0.3, -0.25) is 4.21 Å². The molecule has 0 bridgehead atoms. The van der Waals surface area contributed by atoms with Crippen LogP contribution in [-0.4, -0.2) is 25.8 Å². The van der Waals surface area contributed by atoms with Gasteiger partial charge in [0, 0.05) is 40.1 Å². The Morgan fingerprint density at radius 2 is 1.94 bits per heavy atom. The minimum absolute atomic E-state index is 0.0398. The van der Waals surface area contributed by atoms with Crippen LogP contribution in [0.4, 0.5) is 10.8 Å². The molecule has 35 heavy (non-hydrogen) atoms. The van der Waals surface area contributed by atoms with Crippen molar-refractivity contribution in [2.75, 3.05) is 17.1 Å². The smallest absolute Gasteiger partial charge is 0.183 e. The van der Waals surface area contributed by atoms with Crippen molar-refractivity contribution in [3.8, 4) is 5.75 Å². The highest BCUT2D eigenvalue weighted by molar-refractivity contribution is 7.80. The Morgan fingerprint density at radius 1 is 1.11 bits per heavy atom. The van der Waals surface area contributed by atoms with Gasteiger partial charge in [-0.25, -0.2) is 9.97 Å². The topological polar surface area (TPSA) is 99.2 Å². The number of hydrogen-bond donors (Lipinski definition) is 2. The summed E-state index contributed by atoms with van der Waals surface area (Å²) >= 11 is 0.986. The first-order chi connectivity index (χ1) is 17.1. The van der Waals surface area contributed by atoms with Crippen LogP contribution >= 0.6 is 22.7 Å². The number of aromatic nitrogens is 2. The normalized spacial score (nSPS) is 14.9. The molecular formula is C25H25N4O3S3-. The second kappa shape index (κ2) is 10.9. The molecule has 0 saturated heterocycles. The van der Waals surface area contributed by atoms with Crippen LogP contribution in [0.25, 0.3) is 0 Å². The van der Waals surface area contributed by atoms with E-state index in [0.717, 1.165) is 39.8 Å². The molecule has 2 heterocycles. The molecule has 2 aromatic carbocycles. The van der Waals surface area contributed by atoms with Gasteiger partial charge < -0.3 is 19.3 Å². The number of thiazole rings is 2. The van der Waals surface area contributed by atoms with Crippen LogP contribution in [0.15, 0.2) is 59.3 Å². The Morgan fingerprint density at radius 3 is 2.69 bits per heavy atom. The van der Waals surface area contributed by atoms with Crippen LogP contribution < -0.4 is 14.8 Å². The second-order valence-electron chi connectivity index (χ2n) is 8.49. The first kappa shape index (κ1) is 23.9. The summed E-state index contributed by atoms with van der Waals surface area (Å²) in [5, 5.41) is 9.90. The summed E-state index contributed by atoms with van der Waals surface area (Å²) in [7, 11) is 1.67. The molecule has 0 aliphatic heterocycles. The lowest BCUT2D eigenvalue weighted by Crippen LogP contribution is -2.14. The third-order valence-corrected chi connectivity index (χ3v) is 8.04. The van der Waals surface area contributed by atoms with Crippen molar-refractivity contribution in [2.45, 2.75) is 37.6 Å². The van der Waals surface area contributed by atoms with E-state index in [1.54, 1.807) is 41.9 Å². The predicted octanol–water partition coefficient (Wildman–Crippen LogP) is 5.68. The highest BCUT2D eigenvalue weighted by atomic mass is 32.2.